The molecule has 9 heteroatoms. The Labute approximate surface area is 116 Å². The van der Waals surface area contributed by atoms with Crippen molar-refractivity contribution in [1.29, 1.82) is 0 Å². The fourth-order valence-electron chi connectivity index (χ4n) is 2.45. The first-order chi connectivity index (χ1) is 9.56. The molecule has 9 nitrogen and oxygen atoms in total. The summed E-state index contributed by atoms with van der Waals surface area (Å²) < 4.78 is 5.13. The molecular formula is C11H18N6O3. The van der Waals surface area contributed by atoms with Gasteiger partial charge in [-0.25, -0.2) is 10.8 Å². The molecule has 0 amide bonds. The van der Waals surface area contributed by atoms with Gasteiger partial charge in [0.25, 0.3) is 0 Å². The Kier molecular flexibility index (Phi) is 4.30. The van der Waals surface area contributed by atoms with Gasteiger partial charge in [-0.1, -0.05) is 0 Å². The van der Waals surface area contributed by atoms with E-state index in [1.54, 1.807) is 14.0 Å². The van der Waals surface area contributed by atoms with Crippen LogP contribution in [-0.4, -0.2) is 41.7 Å². The highest BCUT2D eigenvalue weighted by molar-refractivity contribution is 5.62. The summed E-state index contributed by atoms with van der Waals surface area (Å²) in [5.41, 5.74) is 2.57. The highest BCUT2D eigenvalue weighted by atomic mass is 16.6. The van der Waals surface area contributed by atoms with Gasteiger partial charge >= 0.3 is 5.69 Å². The third-order valence-corrected chi connectivity index (χ3v) is 3.34. The van der Waals surface area contributed by atoms with Crippen LogP contribution >= 0.6 is 0 Å². The van der Waals surface area contributed by atoms with Crippen molar-refractivity contribution >= 4 is 17.5 Å². The van der Waals surface area contributed by atoms with Crippen LogP contribution in [0.1, 0.15) is 12.1 Å². The van der Waals surface area contributed by atoms with Crippen molar-refractivity contribution in [2.45, 2.75) is 13.3 Å². The average Bonchev–Trinajstić information content (AvgIpc) is 2.86. The zero-order valence-electron chi connectivity index (χ0n) is 11.5. The zero-order chi connectivity index (χ0) is 14.7. The number of nitrogens with one attached hydrogen (secondary N) is 1. The Morgan fingerprint density at radius 2 is 2.35 bits per heavy atom. The number of anilines is 2. The summed E-state index contributed by atoms with van der Waals surface area (Å²) in [6.45, 7) is 3.59. The number of hydrogen-bond acceptors (Lipinski definition) is 8. The number of nitrogens with two attached hydrogens (primary N) is 1. The summed E-state index contributed by atoms with van der Waals surface area (Å²) in [7, 11) is 1.65. The minimum atomic E-state index is -0.450. The second-order valence-corrected chi connectivity index (χ2v) is 4.76. The van der Waals surface area contributed by atoms with E-state index in [1.165, 1.54) is 0 Å². The van der Waals surface area contributed by atoms with Gasteiger partial charge in [-0.15, -0.1) is 0 Å². The van der Waals surface area contributed by atoms with Crippen molar-refractivity contribution in [3.05, 3.63) is 15.8 Å². The van der Waals surface area contributed by atoms with Crippen molar-refractivity contribution in [2.24, 2.45) is 11.8 Å². The van der Waals surface area contributed by atoms with Crippen LogP contribution < -0.4 is 16.2 Å². The minimum Gasteiger partial charge on any atom is -0.384 e. The lowest BCUT2D eigenvalue weighted by Gasteiger charge is -2.18. The van der Waals surface area contributed by atoms with Crippen molar-refractivity contribution in [3.63, 3.8) is 0 Å². The van der Waals surface area contributed by atoms with Gasteiger partial charge in [0.05, 0.1) is 11.5 Å². The minimum absolute atomic E-state index is 0.0675. The SMILES string of the molecule is COCC1CCN(c2nc(NN)nc(C)c2[N+](=O)[O-])C1. The summed E-state index contributed by atoms with van der Waals surface area (Å²) in [5, 5.41) is 11.2. The predicted molar refractivity (Wildman–Crippen MR) is 73.4 cm³/mol. The Morgan fingerprint density at radius 3 is 2.95 bits per heavy atom. The second-order valence-electron chi connectivity index (χ2n) is 4.76. The highest BCUT2D eigenvalue weighted by Gasteiger charge is 2.31. The number of hydrogen-bond donors (Lipinski definition) is 2. The lowest BCUT2D eigenvalue weighted by molar-refractivity contribution is -0.385. The molecular weight excluding hydrogens is 264 g/mol. The highest BCUT2D eigenvalue weighted by Crippen LogP contribution is 2.33. The molecule has 110 valence electrons. The smallest absolute Gasteiger partial charge is 0.332 e. The molecule has 20 heavy (non-hydrogen) atoms. The standard InChI is InChI=1S/C11H18N6O3/c1-7-9(17(18)19)10(14-11(13-7)15-12)16-4-3-8(5-16)6-20-2/h8H,3-6,12H2,1-2H3,(H,13,14,15). The lowest BCUT2D eigenvalue weighted by atomic mass is 10.1. The van der Waals surface area contributed by atoms with E-state index in [1.807, 2.05) is 4.90 Å². The fraction of sp³-hybridized carbons (Fsp3) is 0.636. The molecule has 1 fully saturated rings. The zero-order valence-corrected chi connectivity index (χ0v) is 11.5. The maximum Gasteiger partial charge on any atom is 0.332 e. The summed E-state index contributed by atoms with van der Waals surface area (Å²) in [4.78, 5) is 20.8. The topological polar surface area (TPSA) is 119 Å². The first-order valence-electron chi connectivity index (χ1n) is 6.30. The third kappa shape index (κ3) is 2.78. The second kappa shape index (κ2) is 5.97. The number of hydrazine groups is 1. The molecule has 0 bridgehead atoms. The molecule has 1 aliphatic rings. The molecule has 2 rings (SSSR count). The van der Waals surface area contributed by atoms with Crippen LogP contribution in [0.3, 0.4) is 0 Å². The van der Waals surface area contributed by atoms with Crippen LogP contribution in [0.15, 0.2) is 0 Å². The van der Waals surface area contributed by atoms with E-state index in [0.29, 0.717) is 37.1 Å². The van der Waals surface area contributed by atoms with Crippen LogP contribution in [0, 0.1) is 23.0 Å². The molecule has 0 saturated carbocycles. The van der Waals surface area contributed by atoms with Gasteiger partial charge in [-0.2, -0.15) is 4.98 Å². The summed E-state index contributed by atoms with van der Waals surface area (Å²) >= 11 is 0. The normalized spacial score (nSPS) is 18.4. The number of rotatable bonds is 5. The monoisotopic (exact) mass is 282 g/mol. The van der Waals surface area contributed by atoms with Gasteiger partial charge in [0.15, 0.2) is 0 Å². The quantitative estimate of drug-likeness (QED) is 0.454. The van der Waals surface area contributed by atoms with Crippen LogP contribution in [0.5, 0.6) is 0 Å². The van der Waals surface area contributed by atoms with Crippen molar-refractivity contribution in [2.75, 3.05) is 37.1 Å². The number of aromatic nitrogens is 2. The number of nitrogens with zero attached hydrogens (tertiary/aromatic N) is 4. The molecule has 0 aromatic carbocycles. The molecule has 1 aromatic heterocycles. The number of nitrogen functional groups attached to an aromatic ring is 1. The molecule has 1 atom stereocenters. The van der Waals surface area contributed by atoms with Gasteiger partial charge in [0.2, 0.25) is 11.8 Å². The van der Waals surface area contributed by atoms with E-state index in [2.05, 4.69) is 15.4 Å². The molecule has 0 radical (unpaired) electrons. The number of ether oxygens (including phenoxy) is 1. The van der Waals surface area contributed by atoms with E-state index in [0.717, 1.165) is 6.42 Å². The maximum absolute atomic E-state index is 11.2. The summed E-state index contributed by atoms with van der Waals surface area (Å²) in [6, 6.07) is 0. The van der Waals surface area contributed by atoms with Crippen molar-refractivity contribution in [3.8, 4) is 0 Å². The summed E-state index contributed by atoms with van der Waals surface area (Å²) in [6.07, 6.45) is 0.916. The number of aryl methyl sites for hydroxylation is 1. The molecule has 1 unspecified atom stereocenters. The summed E-state index contributed by atoms with van der Waals surface area (Å²) in [5.74, 6) is 6.15. The lowest BCUT2D eigenvalue weighted by Crippen LogP contribution is -2.25. The number of methoxy groups -OCH3 is 1. The van der Waals surface area contributed by atoms with Crippen LogP contribution in [0.4, 0.5) is 17.5 Å². The third-order valence-electron chi connectivity index (χ3n) is 3.34. The Balaban J connectivity index is 2.34. The average molecular weight is 282 g/mol. The van der Waals surface area contributed by atoms with Crippen molar-refractivity contribution < 1.29 is 9.66 Å². The molecule has 0 aliphatic carbocycles. The first-order valence-corrected chi connectivity index (χ1v) is 6.30. The Morgan fingerprint density at radius 1 is 1.60 bits per heavy atom. The van der Waals surface area contributed by atoms with Gasteiger partial charge in [-0.3, -0.25) is 15.5 Å². The van der Waals surface area contributed by atoms with E-state index in [9.17, 15) is 10.1 Å². The Hall–Kier alpha value is -2.00. The van der Waals surface area contributed by atoms with E-state index >= 15 is 0 Å². The van der Waals surface area contributed by atoms with Gasteiger partial charge in [0.1, 0.15) is 5.69 Å². The largest absolute Gasteiger partial charge is 0.384 e. The first kappa shape index (κ1) is 14.4. The Bertz CT molecular complexity index is 509. The van der Waals surface area contributed by atoms with Crippen LogP contribution in [0.25, 0.3) is 0 Å². The molecule has 1 aromatic rings. The van der Waals surface area contributed by atoms with Crippen molar-refractivity contribution in [1.82, 2.24) is 9.97 Å². The maximum atomic E-state index is 11.2. The van der Waals surface area contributed by atoms with Gasteiger partial charge in [-0.05, 0) is 13.3 Å². The molecule has 1 saturated heterocycles. The predicted octanol–water partition coefficient (Wildman–Crippen LogP) is 0.452. The van der Waals surface area contributed by atoms with Gasteiger partial charge < -0.3 is 9.64 Å². The number of nitro groups is 1. The van der Waals surface area contributed by atoms with E-state index in [4.69, 9.17) is 10.6 Å². The van der Waals surface area contributed by atoms with E-state index < -0.39 is 4.92 Å². The van der Waals surface area contributed by atoms with Crippen LogP contribution in [0.2, 0.25) is 0 Å². The van der Waals surface area contributed by atoms with Crippen LogP contribution in [-0.2, 0) is 4.74 Å². The van der Waals surface area contributed by atoms with Gasteiger partial charge in [0, 0.05) is 26.1 Å². The molecule has 2 heterocycles. The molecule has 1 aliphatic heterocycles. The van der Waals surface area contributed by atoms with E-state index in [-0.39, 0.29) is 11.6 Å². The molecule has 0 spiro atoms. The molecule has 3 N–H and O–H groups in total. The fourth-order valence-corrected chi connectivity index (χ4v) is 2.45.